The quantitative estimate of drug-likeness (QED) is 0.365. The summed E-state index contributed by atoms with van der Waals surface area (Å²) >= 11 is 0. The van der Waals surface area contributed by atoms with Crippen molar-refractivity contribution in [2.75, 3.05) is 59.0 Å². The van der Waals surface area contributed by atoms with Gasteiger partial charge in [-0.15, -0.1) is 0 Å². The van der Waals surface area contributed by atoms with Crippen molar-refractivity contribution in [1.29, 1.82) is 0 Å². The molecule has 6 nitrogen and oxygen atoms in total. The summed E-state index contributed by atoms with van der Waals surface area (Å²) < 4.78 is 5.33. The molecule has 0 aromatic rings. The van der Waals surface area contributed by atoms with E-state index in [1.54, 1.807) is 0 Å². The van der Waals surface area contributed by atoms with E-state index < -0.39 is 0 Å². The Morgan fingerprint density at radius 1 is 1.38 bits per heavy atom. The molecule has 1 saturated heterocycles. The van der Waals surface area contributed by atoms with E-state index in [-0.39, 0.29) is 0 Å². The van der Waals surface area contributed by atoms with Crippen LogP contribution >= 0.6 is 0 Å². The lowest BCUT2D eigenvalue weighted by molar-refractivity contribution is 0.0377. The number of aliphatic imine (C=N–C) groups is 1. The maximum absolute atomic E-state index is 5.88. The number of nitrogens with two attached hydrogens (primary N) is 1. The standard InChI is InChI=1S/C15H33N5O/c1-4-20(14(2)3)9-7-18-15(16)17-6-5-8-19-10-12-21-13-11-19/h14H,4-13H2,1-3H3,(H3,16,17,18). The second kappa shape index (κ2) is 10.8. The molecule has 0 spiro atoms. The van der Waals surface area contributed by atoms with E-state index >= 15 is 0 Å². The van der Waals surface area contributed by atoms with Crippen molar-refractivity contribution in [3.8, 4) is 0 Å². The van der Waals surface area contributed by atoms with Crippen molar-refractivity contribution in [3.05, 3.63) is 0 Å². The minimum absolute atomic E-state index is 0.566. The molecule has 0 aliphatic carbocycles. The summed E-state index contributed by atoms with van der Waals surface area (Å²) in [5, 5.41) is 3.19. The van der Waals surface area contributed by atoms with Crippen molar-refractivity contribution in [3.63, 3.8) is 0 Å². The van der Waals surface area contributed by atoms with Crippen LogP contribution in [0.3, 0.4) is 0 Å². The van der Waals surface area contributed by atoms with Crippen LogP contribution < -0.4 is 11.1 Å². The third kappa shape index (κ3) is 8.24. The van der Waals surface area contributed by atoms with Crippen LogP contribution in [0.4, 0.5) is 0 Å². The van der Waals surface area contributed by atoms with Crippen LogP contribution in [0.1, 0.15) is 27.2 Å². The Kier molecular flexibility index (Phi) is 9.37. The Morgan fingerprint density at radius 3 is 2.71 bits per heavy atom. The van der Waals surface area contributed by atoms with Crippen LogP contribution in [0.2, 0.25) is 0 Å². The lowest BCUT2D eigenvalue weighted by Crippen LogP contribution is -2.41. The lowest BCUT2D eigenvalue weighted by Gasteiger charge is -2.26. The summed E-state index contributed by atoms with van der Waals surface area (Å²) in [7, 11) is 0. The van der Waals surface area contributed by atoms with E-state index in [1.807, 2.05) is 0 Å². The minimum atomic E-state index is 0.566. The molecular formula is C15H33N5O. The Balaban J connectivity index is 2.06. The molecule has 1 aliphatic heterocycles. The predicted molar refractivity (Wildman–Crippen MR) is 88.8 cm³/mol. The lowest BCUT2D eigenvalue weighted by atomic mass is 10.3. The maximum atomic E-state index is 5.88. The van der Waals surface area contributed by atoms with E-state index in [2.05, 4.69) is 40.9 Å². The van der Waals surface area contributed by atoms with Crippen molar-refractivity contribution in [2.24, 2.45) is 10.7 Å². The van der Waals surface area contributed by atoms with Crippen molar-refractivity contribution in [1.82, 2.24) is 15.1 Å². The van der Waals surface area contributed by atoms with E-state index in [4.69, 9.17) is 10.5 Å². The first-order valence-corrected chi connectivity index (χ1v) is 8.21. The van der Waals surface area contributed by atoms with Gasteiger partial charge < -0.3 is 15.8 Å². The average molecular weight is 299 g/mol. The normalized spacial score (nSPS) is 17.7. The Labute approximate surface area is 129 Å². The smallest absolute Gasteiger partial charge is 0.188 e. The molecule has 124 valence electrons. The first kappa shape index (κ1) is 18.2. The molecule has 1 rings (SSSR count). The highest BCUT2D eigenvalue weighted by Crippen LogP contribution is 1.98. The molecule has 1 fully saturated rings. The monoisotopic (exact) mass is 299 g/mol. The summed E-state index contributed by atoms with van der Waals surface area (Å²) in [5.41, 5.74) is 5.88. The summed E-state index contributed by atoms with van der Waals surface area (Å²) in [6.07, 6.45) is 1.05. The topological polar surface area (TPSA) is 66.1 Å². The third-order valence-corrected chi connectivity index (χ3v) is 3.86. The molecule has 21 heavy (non-hydrogen) atoms. The van der Waals surface area contributed by atoms with Gasteiger partial charge in [0.25, 0.3) is 0 Å². The molecule has 3 N–H and O–H groups in total. The number of ether oxygens (including phenoxy) is 1. The van der Waals surface area contributed by atoms with Crippen LogP contribution in [0, 0.1) is 0 Å². The largest absolute Gasteiger partial charge is 0.379 e. The number of morpholine rings is 1. The van der Waals surface area contributed by atoms with Crippen LogP contribution in [-0.4, -0.2) is 80.8 Å². The maximum Gasteiger partial charge on any atom is 0.188 e. The van der Waals surface area contributed by atoms with E-state index in [9.17, 15) is 0 Å². The molecule has 1 heterocycles. The number of hydrogen-bond acceptors (Lipinski definition) is 4. The van der Waals surface area contributed by atoms with Crippen molar-refractivity contribution in [2.45, 2.75) is 33.2 Å². The fourth-order valence-corrected chi connectivity index (χ4v) is 2.48. The number of hydrogen-bond donors (Lipinski definition) is 2. The van der Waals surface area contributed by atoms with Gasteiger partial charge in [0.15, 0.2) is 5.96 Å². The fourth-order valence-electron chi connectivity index (χ4n) is 2.48. The van der Waals surface area contributed by atoms with Gasteiger partial charge in [0.1, 0.15) is 0 Å². The van der Waals surface area contributed by atoms with E-state index in [0.29, 0.717) is 12.0 Å². The molecule has 0 amide bonds. The second-order valence-corrected chi connectivity index (χ2v) is 5.72. The van der Waals surface area contributed by atoms with Crippen molar-refractivity contribution < 1.29 is 4.74 Å². The molecule has 0 unspecified atom stereocenters. The molecule has 0 atom stereocenters. The number of rotatable bonds is 9. The first-order valence-electron chi connectivity index (χ1n) is 8.21. The molecule has 0 bridgehead atoms. The SMILES string of the molecule is CCN(CCNC(N)=NCCCN1CCOCC1)C(C)C. The van der Waals surface area contributed by atoms with E-state index in [0.717, 1.165) is 65.4 Å². The summed E-state index contributed by atoms with van der Waals surface area (Å²) in [6, 6.07) is 0.573. The number of likely N-dealkylation sites (N-methyl/N-ethyl adjacent to an activating group) is 1. The van der Waals surface area contributed by atoms with Gasteiger partial charge >= 0.3 is 0 Å². The zero-order valence-corrected chi connectivity index (χ0v) is 14.0. The average Bonchev–Trinajstić information content (AvgIpc) is 2.49. The summed E-state index contributed by atoms with van der Waals surface area (Å²) in [6.45, 7) is 15.2. The molecule has 6 heteroatoms. The van der Waals surface area contributed by atoms with Crippen LogP contribution in [0.25, 0.3) is 0 Å². The fraction of sp³-hybridized carbons (Fsp3) is 0.933. The van der Waals surface area contributed by atoms with Gasteiger partial charge in [0.2, 0.25) is 0 Å². The first-order chi connectivity index (χ1) is 10.1. The van der Waals surface area contributed by atoms with Gasteiger partial charge in [-0.3, -0.25) is 14.8 Å². The van der Waals surface area contributed by atoms with Crippen molar-refractivity contribution >= 4 is 5.96 Å². The number of nitrogens with zero attached hydrogens (tertiary/aromatic N) is 3. The van der Waals surface area contributed by atoms with Crippen LogP contribution in [-0.2, 0) is 4.74 Å². The highest BCUT2D eigenvalue weighted by Gasteiger charge is 2.09. The predicted octanol–water partition coefficient (Wildman–Crippen LogP) is 0.343. The van der Waals surface area contributed by atoms with Crippen LogP contribution in [0.5, 0.6) is 0 Å². The summed E-state index contributed by atoms with van der Waals surface area (Å²) in [5.74, 6) is 0.566. The highest BCUT2D eigenvalue weighted by atomic mass is 16.5. The van der Waals surface area contributed by atoms with Gasteiger partial charge in [0, 0.05) is 45.3 Å². The molecule has 0 radical (unpaired) electrons. The molecule has 0 aromatic carbocycles. The zero-order chi connectivity index (χ0) is 15.5. The third-order valence-electron chi connectivity index (χ3n) is 3.86. The van der Waals surface area contributed by atoms with Gasteiger partial charge in [-0.2, -0.15) is 0 Å². The Morgan fingerprint density at radius 2 is 2.10 bits per heavy atom. The molecular weight excluding hydrogens is 266 g/mol. The number of nitrogens with one attached hydrogen (secondary N) is 1. The highest BCUT2D eigenvalue weighted by molar-refractivity contribution is 5.77. The zero-order valence-electron chi connectivity index (χ0n) is 14.0. The number of guanidine groups is 1. The van der Waals surface area contributed by atoms with Gasteiger partial charge in [-0.25, -0.2) is 0 Å². The Hall–Kier alpha value is -0.850. The minimum Gasteiger partial charge on any atom is -0.379 e. The summed E-state index contributed by atoms with van der Waals surface area (Å²) in [4.78, 5) is 9.21. The van der Waals surface area contributed by atoms with Gasteiger partial charge in [-0.05, 0) is 26.8 Å². The second-order valence-electron chi connectivity index (χ2n) is 5.72. The molecule has 0 saturated carbocycles. The molecule has 1 aliphatic rings. The molecule has 0 aromatic heterocycles. The van der Waals surface area contributed by atoms with Gasteiger partial charge in [0.05, 0.1) is 13.2 Å². The van der Waals surface area contributed by atoms with E-state index in [1.165, 1.54) is 0 Å². The van der Waals surface area contributed by atoms with Gasteiger partial charge in [-0.1, -0.05) is 6.92 Å². The van der Waals surface area contributed by atoms with Crippen LogP contribution in [0.15, 0.2) is 4.99 Å². The Bertz CT molecular complexity index is 290.